The molecule has 2 heteroatoms. The number of nitrogens with zero attached hydrogens (tertiary/aromatic N) is 2. The smallest absolute Gasteiger partial charge is 0.181 e. The molecule has 1 aromatic heterocycles. The van der Waals surface area contributed by atoms with Crippen LogP contribution in [-0.4, -0.2) is 11.9 Å². The van der Waals surface area contributed by atoms with Crippen molar-refractivity contribution in [1.29, 1.82) is 0 Å². The summed E-state index contributed by atoms with van der Waals surface area (Å²) in [5.74, 6) is 0. The Kier molecular flexibility index (Phi) is 5.61. The molecule has 2 rings (SSSR count). The van der Waals surface area contributed by atoms with Crippen LogP contribution in [0.4, 0.5) is 0 Å². The van der Waals surface area contributed by atoms with Crippen molar-refractivity contribution in [2.24, 2.45) is 7.05 Å². The Bertz CT molecular complexity index is 786. The summed E-state index contributed by atoms with van der Waals surface area (Å²) in [6.45, 7) is 10.8. The van der Waals surface area contributed by atoms with Gasteiger partial charge in [0.1, 0.15) is 7.05 Å². The van der Waals surface area contributed by atoms with E-state index >= 15 is 0 Å². The van der Waals surface area contributed by atoms with Crippen LogP contribution in [0.25, 0.3) is 6.08 Å². The molecule has 0 unspecified atom stereocenters. The third-order valence-corrected chi connectivity index (χ3v) is 5.02. The molecule has 24 heavy (non-hydrogen) atoms. The van der Waals surface area contributed by atoms with Crippen molar-refractivity contribution >= 4 is 6.08 Å². The molecule has 2 nitrogen and oxygen atoms in total. The molecule has 0 atom stereocenters. The van der Waals surface area contributed by atoms with Gasteiger partial charge in [0, 0.05) is 37.5 Å². The van der Waals surface area contributed by atoms with Gasteiger partial charge in [-0.2, -0.15) is 0 Å². The highest BCUT2D eigenvalue weighted by Gasteiger charge is 2.09. The zero-order chi connectivity index (χ0) is 17.9. The lowest BCUT2D eigenvalue weighted by Gasteiger charge is -2.23. The predicted molar refractivity (Wildman–Crippen MR) is 103 cm³/mol. The standard InChI is InChI=1S/C22H29N2/c1-16(8-10-21-12-14-23(6)19(4)17(21)2)9-11-22-13-15-24(7)20(5)18(22)3/h8-15H,1-7H3/q+1. The highest BCUT2D eigenvalue weighted by Crippen LogP contribution is 2.23. The van der Waals surface area contributed by atoms with Crippen LogP contribution in [0.2, 0.25) is 0 Å². The number of aryl methyl sites for hydroxylation is 1. The molecule has 0 fully saturated rings. The molecule has 0 radical (unpaired) electrons. The largest absolute Gasteiger partial charge is 0.354 e. The van der Waals surface area contributed by atoms with E-state index in [1.165, 1.54) is 39.2 Å². The molecule has 0 amide bonds. The normalized spacial score (nSPS) is 17.5. The predicted octanol–water partition coefficient (Wildman–Crippen LogP) is 4.77. The van der Waals surface area contributed by atoms with Crippen molar-refractivity contribution in [1.82, 2.24) is 4.90 Å². The fourth-order valence-electron chi connectivity index (χ4n) is 2.66. The second-order valence-corrected chi connectivity index (χ2v) is 6.60. The summed E-state index contributed by atoms with van der Waals surface area (Å²) in [6, 6.07) is 2.17. The molecule has 1 aromatic rings. The van der Waals surface area contributed by atoms with E-state index in [4.69, 9.17) is 0 Å². The van der Waals surface area contributed by atoms with Gasteiger partial charge >= 0.3 is 0 Å². The number of aromatic nitrogens is 1. The van der Waals surface area contributed by atoms with Crippen LogP contribution in [0.1, 0.15) is 37.6 Å². The summed E-state index contributed by atoms with van der Waals surface area (Å²) >= 11 is 0. The van der Waals surface area contributed by atoms with Crippen LogP contribution in [0.3, 0.4) is 0 Å². The summed E-state index contributed by atoms with van der Waals surface area (Å²) < 4.78 is 2.16. The first-order valence-corrected chi connectivity index (χ1v) is 8.42. The van der Waals surface area contributed by atoms with Gasteiger partial charge in [0.25, 0.3) is 0 Å². The number of hydrogen-bond acceptors (Lipinski definition) is 1. The molecule has 2 heterocycles. The second kappa shape index (κ2) is 7.48. The maximum Gasteiger partial charge on any atom is 0.181 e. The van der Waals surface area contributed by atoms with Gasteiger partial charge < -0.3 is 4.90 Å². The fraction of sp³-hybridized carbons (Fsp3) is 0.318. The molecule has 0 saturated heterocycles. The van der Waals surface area contributed by atoms with E-state index in [-0.39, 0.29) is 0 Å². The van der Waals surface area contributed by atoms with E-state index in [1.807, 2.05) is 0 Å². The summed E-state index contributed by atoms with van der Waals surface area (Å²) in [5.41, 5.74) is 9.05. The van der Waals surface area contributed by atoms with Crippen molar-refractivity contribution in [2.45, 2.75) is 34.6 Å². The number of allylic oxidation sites excluding steroid dienone is 8. The van der Waals surface area contributed by atoms with E-state index in [9.17, 15) is 0 Å². The third kappa shape index (κ3) is 3.94. The average Bonchev–Trinajstić information content (AvgIpc) is 2.56. The Morgan fingerprint density at radius 3 is 2.58 bits per heavy atom. The van der Waals surface area contributed by atoms with Gasteiger partial charge in [-0.05, 0) is 50.5 Å². The Labute approximate surface area is 146 Å². The molecule has 126 valence electrons. The van der Waals surface area contributed by atoms with Crippen molar-refractivity contribution in [3.63, 3.8) is 0 Å². The first kappa shape index (κ1) is 18.0. The van der Waals surface area contributed by atoms with Crippen molar-refractivity contribution in [3.05, 3.63) is 82.0 Å². The maximum atomic E-state index is 2.20. The molecular weight excluding hydrogens is 292 g/mol. The molecule has 0 aromatic carbocycles. The fourth-order valence-corrected chi connectivity index (χ4v) is 2.66. The van der Waals surface area contributed by atoms with Crippen LogP contribution in [-0.2, 0) is 7.05 Å². The SMILES string of the molecule is CC1=C(C)N(C)C=C\C1=C/C=C(C)/C=C/c1cc[n+](C)c(C)c1C. The highest BCUT2D eigenvalue weighted by atomic mass is 15.1. The van der Waals surface area contributed by atoms with E-state index in [1.54, 1.807) is 0 Å². The molecule has 1 aliphatic rings. The van der Waals surface area contributed by atoms with Crippen molar-refractivity contribution in [2.75, 3.05) is 7.05 Å². The first-order chi connectivity index (χ1) is 11.3. The Morgan fingerprint density at radius 1 is 1.17 bits per heavy atom. The van der Waals surface area contributed by atoms with E-state index in [2.05, 4.69) is 107 Å². The highest BCUT2D eigenvalue weighted by molar-refractivity contribution is 5.56. The van der Waals surface area contributed by atoms with Crippen LogP contribution >= 0.6 is 0 Å². The lowest BCUT2D eigenvalue weighted by atomic mass is 10.0. The lowest BCUT2D eigenvalue weighted by molar-refractivity contribution is -0.678. The first-order valence-electron chi connectivity index (χ1n) is 8.42. The van der Waals surface area contributed by atoms with Crippen molar-refractivity contribution in [3.8, 4) is 0 Å². The molecule has 0 N–H and O–H groups in total. The monoisotopic (exact) mass is 321 g/mol. The number of rotatable bonds is 3. The van der Waals surface area contributed by atoms with E-state index in [0.717, 1.165) is 0 Å². The zero-order valence-electron chi connectivity index (χ0n) is 16.0. The van der Waals surface area contributed by atoms with Gasteiger partial charge in [-0.15, -0.1) is 0 Å². The molecule has 0 bridgehead atoms. The number of hydrogen-bond donors (Lipinski definition) is 0. The minimum absolute atomic E-state index is 1.24. The van der Waals surface area contributed by atoms with Crippen LogP contribution in [0.15, 0.2) is 65.2 Å². The van der Waals surface area contributed by atoms with Gasteiger partial charge in [-0.25, -0.2) is 4.57 Å². The van der Waals surface area contributed by atoms with Crippen molar-refractivity contribution < 1.29 is 4.57 Å². The Hall–Kier alpha value is -2.35. The second-order valence-electron chi connectivity index (χ2n) is 6.60. The van der Waals surface area contributed by atoms with Gasteiger partial charge in [0.05, 0.1) is 0 Å². The van der Waals surface area contributed by atoms with Gasteiger partial charge in [-0.1, -0.05) is 29.9 Å². The minimum Gasteiger partial charge on any atom is -0.354 e. The minimum atomic E-state index is 1.24. The molecule has 0 spiro atoms. The Morgan fingerprint density at radius 2 is 1.88 bits per heavy atom. The van der Waals surface area contributed by atoms with Gasteiger partial charge in [0.2, 0.25) is 0 Å². The molecular formula is C22H29N2+. The molecule has 0 saturated carbocycles. The van der Waals surface area contributed by atoms with Gasteiger partial charge in [-0.3, -0.25) is 0 Å². The topological polar surface area (TPSA) is 7.12 Å². The molecule has 1 aliphatic heterocycles. The number of pyridine rings is 1. The van der Waals surface area contributed by atoms with Crippen LogP contribution in [0.5, 0.6) is 0 Å². The Balaban J connectivity index is 2.20. The van der Waals surface area contributed by atoms with E-state index < -0.39 is 0 Å². The summed E-state index contributed by atoms with van der Waals surface area (Å²) in [6.07, 6.45) is 15.2. The summed E-state index contributed by atoms with van der Waals surface area (Å²) in [7, 11) is 4.17. The third-order valence-electron chi connectivity index (χ3n) is 5.02. The van der Waals surface area contributed by atoms with Crippen LogP contribution < -0.4 is 4.57 Å². The summed E-state index contributed by atoms with van der Waals surface area (Å²) in [5, 5.41) is 0. The van der Waals surface area contributed by atoms with Gasteiger partial charge in [0.15, 0.2) is 11.9 Å². The molecule has 0 aliphatic carbocycles. The maximum absolute atomic E-state index is 2.20. The quantitative estimate of drug-likeness (QED) is 0.575. The summed E-state index contributed by atoms with van der Waals surface area (Å²) in [4.78, 5) is 2.16. The lowest BCUT2D eigenvalue weighted by Crippen LogP contribution is -2.32. The van der Waals surface area contributed by atoms with Crippen LogP contribution in [0, 0.1) is 13.8 Å². The zero-order valence-corrected chi connectivity index (χ0v) is 16.0. The average molecular weight is 321 g/mol. The van der Waals surface area contributed by atoms with E-state index in [0.29, 0.717) is 0 Å².